The van der Waals surface area contributed by atoms with Gasteiger partial charge < -0.3 is 5.11 Å². The molecule has 1 N–H and O–H groups in total. The molecule has 0 saturated carbocycles. The lowest BCUT2D eigenvalue weighted by atomic mass is 9.95. The number of anilines is 1. The first kappa shape index (κ1) is 21.0. The van der Waals surface area contributed by atoms with Gasteiger partial charge in [0.25, 0.3) is 5.78 Å². The number of Topliss-reactive ketones (excluding diaryl/α,β-unsaturated/α-hetero) is 1. The van der Waals surface area contributed by atoms with Gasteiger partial charge in [0.2, 0.25) is 0 Å². The van der Waals surface area contributed by atoms with E-state index in [1.807, 2.05) is 25.1 Å². The minimum absolute atomic E-state index is 0.173. The van der Waals surface area contributed by atoms with Gasteiger partial charge in [0.15, 0.2) is 5.13 Å². The summed E-state index contributed by atoms with van der Waals surface area (Å²) < 4.78 is 27.9. The molecular formula is C25H16F2N2O3S. The molecule has 8 heteroatoms. The predicted octanol–water partition coefficient (Wildman–Crippen LogP) is 5.51. The summed E-state index contributed by atoms with van der Waals surface area (Å²) in [5.41, 5.74) is 2.12. The monoisotopic (exact) mass is 462 g/mol. The number of amides is 1. The van der Waals surface area contributed by atoms with E-state index in [4.69, 9.17) is 0 Å². The predicted molar refractivity (Wildman–Crippen MR) is 122 cm³/mol. The van der Waals surface area contributed by atoms with Crippen molar-refractivity contribution in [2.45, 2.75) is 13.0 Å². The highest BCUT2D eigenvalue weighted by molar-refractivity contribution is 7.22. The van der Waals surface area contributed by atoms with E-state index in [0.29, 0.717) is 11.1 Å². The van der Waals surface area contributed by atoms with Crippen LogP contribution in [0.15, 0.2) is 72.3 Å². The largest absolute Gasteiger partial charge is 0.507 e. The Balaban J connectivity index is 1.73. The zero-order valence-corrected chi connectivity index (χ0v) is 18.1. The van der Waals surface area contributed by atoms with Gasteiger partial charge in [-0.2, -0.15) is 0 Å². The van der Waals surface area contributed by atoms with Crippen LogP contribution in [-0.2, 0) is 9.59 Å². The van der Waals surface area contributed by atoms with E-state index >= 15 is 0 Å². The summed E-state index contributed by atoms with van der Waals surface area (Å²) in [6.07, 6.45) is 0. The number of hydrogen-bond donors (Lipinski definition) is 1. The van der Waals surface area contributed by atoms with Crippen LogP contribution < -0.4 is 4.90 Å². The highest BCUT2D eigenvalue weighted by Gasteiger charge is 2.48. The first-order valence-electron chi connectivity index (χ1n) is 10.0. The average Bonchev–Trinajstić information content (AvgIpc) is 3.32. The first-order chi connectivity index (χ1) is 15.8. The van der Waals surface area contributed by atoms with Crippen LogP contribution >= 0.6 is 11.3 Å². The lowest BCUT2D eigenvalue weighted by Gasteiger charge is -2.23. The standard InChI is InChI=1S/C25H16F2N2O3S/c1-13-2-11-18-19(12-13)33-25(28-18)29-21(14-3-7-16(26)8-4-14)20(23(31)24(29)32)22(30)15-5-9-17(27)10-6-15/h2-12,21,30H,1H3/b22-20+/t21-/m1/s1. The van der Waals surface area contributed by atoms with Crippen molar-refractivity contribution in [2.24, 2.45) is 0 Å². The van der Waals surface area contributed by atoms with Gasteiger partial charge in [0, 0.05) is 5.56 Å². The molecule has 1 aliphatic heterocycles. The minimum atomic E-state index is -1.03. The van der Waals surface area contributed by atoms with E-state index in [2.05, 4.69) is 4.98 Å². The molecule has 1 aliphatic rings. The Hall–Kier alpha value is -3.91. The fourth-order valence-electron chi connectivity index (χ4n) is 3.88. The number of fused-ring (bicyclic) bond motifs is 1. The van der Waals surface area contributed by atoms with Crippen molar-refractivity contribution in [2.75, 3.05) is 4.90 Å². The Kier molecular flexibility index (Phi) is 5.02. The van der Waals surface area contributed by atoms with Crippen molar-refractivity contribution >= 4 is 44.1 Å². The SMILES string of the molecule is Cc1ccc2nc(N3C(=O)C(=O)/C(=C(/O)c4ccc(F)cc4)[C@H]3c3ccc(F)cc3)sc2c1. The smallest absolute Gasteiger partial charge is 0.301 e. The van der Waals surface area contributed by atoms with Crippen LogP contribution in [0.4, 0.5) is 13.9 Å². The Morgan fingerprint density at radius 2 is 1.61 bits per heavy atom. The second-order valence-corrected chi connectivity index (χ2v) is 8.70. The molecule has 1 fully saturated rings. The van der Waals surface area contributed by atoms with Gasteiger partial charge >= 0.3 is 5.91 Å². The number of carbonyl (C=O) groups excluding carboxylic acids is 2. The molecule has 1 amide bonds. The van der Waals surface area contributed by atoms with E-state index in [9.17, 15) is 23.5 Å². The van der Waals surface area contributed by atoms with E-state index in [0.717, 1.165) is 22.4 Å². The molecule has 4 aromatic rings. The first-order valence-corrected chi connectivity index (χ1v) is 10.8. The normalized spacial score (nSPS) is 17.8. The van der Waals surface area contributed by atoms with Crippen molar-refractivity contribution in [3.63, 3.8) is 0 Å². The number of aromatic nitrogens is 1. The quantitative estimate of drug-likeness (QED) is 0.248. The molecule has 2 heterocycles. The van der Waals surface area contributed by atoms with E-state index in [1.165, 1.54) is 52.6 Å². The molecule has 5 rings (SSSR count). The fraction of sp³-hybridized carbons (Fsp3) is 0.0800. The number of rotatable bonds is 3. The number of halogens is 2. The topological polar surface area (TPSA) is 70.5 Å². The molecule has 3 aromatic carbocycles. The summed E-state index contributed by atoms with van der Waals surface area (Å²) in [6.45, 7) is 1.94. The van der Waals surface area contributed by atoms with Gasteiger partial charge in [0.1, 0.15) is 17.4 Å². The number of aryl methyl sites for hydroxylation is 1. The highest BCUT2D eigenvalue weighted by atomic mass is 32.1. The number of nitrogens with zero attached hydrogens (tertiary/aromatic N) is 2. The second-order valence-electron chi connectivity index (χ2n) is 7.70. The van der Waals surface area contributed by atoms with Crippen molar-refractivity contribution in [1.82, 2.24) is 4.98 Å². The third kappa shape index (κ3) is 3.58. The van der Waals surface area contributed by atoms with Crippen LogP contribution in [0.2, 0.25) is 0 Å². The zero-order chi connectivity index (χ0) is 23.3. The maximum atomic E-state index is 13.6. The maximum Gasteiger partial charge on any atom is 0.301 e. The highest BCUT2D eigenvalue weighted by Crippen LogP contribution is 2.44. The summed E-state index contributed by atoms with van der Waals surface area (Å²) in [4.78, 5) is 32.0. The summed E-state index contributed by atoms with van der Waals surface area (Å²) in [5, 5.41) is 11.3. The molecule has 0 bridgehead atoms. The Morgan fingerprint density at radius 1 is 0.970 bits per heavy atom. The number of aliphatic hydroxyl groups is 1. The Bertz CT molecular complexity index is 1440. The maximum absolute atomic E-state index is 13.6. The third-order valence-electron chi connectivity index (χ3n) is 5.49. The molecule has 0 unspecified atom stereocenters. The summed E-state index contributed by atoms with van der Waals surface area (Å²) in [7, 11) is 0. The van der Waals surface area contributed by atoms with Gasteiger partial charge in [-0.15, -0.1) is 0 Å². The van der Waals surface area contributed by atoms with Gasteiger partial charge in [-0.1, -0.05) is 29.5 Å². The van der Waals surface area contributed by atoms with Gasteiger partial charge in [-0.3, -0.25) is 14.5 Å². The van der Waals surface area contributed by atoms with E-state index in [-0.39, 0.29) is 16.3 Å². The Morgan fingerprint density at radius 3 is 2.27 bits per heavy atom. The molecule has 5 nitrogen and oxygen atoms in total. The van der Waals surface area contributed by atoms with Crippen LogP contribution in [0.1, 0.15) is 22.7 Å². The number of ketones is 1. The van der Waals surface area contributed by atoms with E-state index < -0.39 is 35.1 Å². The van der Waals surface area contributed by atoms with Crippen LogP contribution in [0.5, 0.6) is 0 Å². The van der Waals surface area contributed by atoms with Crippen molar-refractivity contribution in [3.8, 4) is 0 Å². The van der Waals surface area contributed by atoms with Gasteiger partial charge in [-0.25, -0.2) is 13.8 Å². The number of benzene rings is 3. The van der Waals surface area contributed by atoms with Crippen LogP contribution in [-0.4, -0.2) is 21.8 Å². The van der Waals surface area contributed by atoms with Gasteiger partial charge in [-0.05, 0) is 66.6 Å². The molecule has 0 aliphatic carbocycles. The van der Waals surface area contributed by atoms with Gasteiger partial charge in [0.05, 0.1) is 21.8 Å². The third-order valence-corrected chi connectivity index (χ3v) is 6.50. The Labute approximate surface area is 191 Å². The summed E-state index contributed by atoms with van der Waals surface area (Å²) in [6, 6.07) is 14.9. The molecule has 1 atom stereocenters. The molecular weight excluding hydrogens is 446 g/mol. The molecule has 1 saturated heterocycles. The molecule has 0 radical (unpaired) electrons. The molecule has 33 heavy (non-hydrogen) atoms. The number of thiazole rings is 1. The number of aliphatic hydroxyl groups excluding tert-OH is 1. The number of hydrogen-bond acceptors (Lipinski definition) is 5. The van der Waals surface area contributed by atoms with Crippen LogP contribution in [0.3, 0.4) is 0 Å². The van der Waals surface area contributed by atoms with Crippen molar-refractivity contribution in [3.05, 3.63) is 101 Å². The molecule has 0 spiro atoms. The fourth-order valence-corrected chi connectivity index (χ4v) is 4.97. The van der Waals surface area contributed by atoms with Crippen molar-refractivity contribution in [1.29, 1.82) is 0 Å². The lowest BCUT2D eigenvalue weighted by Crippen LogP contribution is -2.29. The van der Waals surface area contributed by atoms with Crippen molar-refractivity contribution < 1.29 is 23.5 Å². The molecule has 1 aromatic heterocycles. The minimum Gasteiger partial charge on any atom is -0.507 e. The summed E-state index contributed by atoms with van der Waals surface area (Å²) >= 11 is 1.24. The average molecular weight is 462 g/mol. The van der Waals surface area contributed by atoms with E-state index in [1.54, 1.807) is 0 Å². The zero-order valence-electron chi connectivity index (χ0n) is 17.3. The number of carbonyl (C=O) groups is 2. The van der Waals surface area contributed by atoms with Crippen LogP contribution in [0.25, 0.3) is 16.0 Å². The second kappa shape index (κ2) is 7.90. The molecule has 164 valence electrons. The lowest BCUT2D eigenvalue weighted by molar-refractivity contribution is -0.132. The summed E-state index contributed by atoms with van der Waals surface area (Å²) in [5.74, 6) is -3.19. The van der Waals surface area contributed by atoms with Crippen LogP contribution in [0, 0.1) is 18.6 Å².